The number of pyridine rings is 2. The molecule has 2 N–H and O–H groups in total. The molecular weight excluding hydrogens is 449 g/mol. The summed E-state index contributed by atoms with van der Waals surface area (Å²) in [6.07, 6.45) is -3.48. The van der Waals surface area contributed by atoms with Crippen molar-refractivity contribution >= 4 is 28.3 Å². The molecule has 1 saturated heterocycles. The molecule has 0 spiro atoms. The van der Waals surface area contributed by atoms with Gasteiger partial charge >= 0.3 is 6.18 Å². The van der Waals surface area contributed by atoms with E-state index in [9.17, 15) is 13.2 Å². The molecule has 172 valence electrons. The molecule has 1 aliphatic heterocycles. The number of thioether (sulfide) groups is 1. The van der Waals surface area contributed by atoms with Gasteiger partial charge in [-0.25, -0.2) is 9.99 Å². The van der Waals surface area contributed by atoms with Crippen molar-refractivity contribution in [3.8, 4) is 11.5 Å². The summed E-state index contributed by atoms with van der Waals surface area (Å²) in [6.45, 7) is 2.51. The van der Waals surface area contributed by atoms with Gasteiger partial charge in [0, 0.05) is 28.6 Å². The van der Waals surface area contributed by atoms with Gasteiger partial charge in [-0.05, 0) is 48.9 Å². The summed E-state index contributed by atoms with van der Waals surface area (Å²) in [5.41, 5.74) is 1.64. The number of nitrogens with zero attached hydrogens (tertiary/aromatic N) is 5. The molecule has 1 fully saturated rings. The number of fused-ring (bicyclic) bond motifs is 2. The number of nitrogens with two attached hydrogens (primary N) is 1. The summed E-state index contributed by atoms with van der Waals surface area (Å²) >= 11 is 1.70. The highest BCUT2D eigenvalue weighted by Gasteiger charge is 2.49. The third-order valence-corrected chi connectivity index (χ3v) is 6.94. The van der Waals surface area contributed by atoms with E-state index in [4.69, 9.17) is 10.8 Å². The Morgan fingerprint density at radius 3 is 2.70 bits per heavy atom. The third-order valence-electron chi connectivity index (χ3n) is 6.06. The maximum atomic E-state index is 14.4. The van der Waals surface area contributed by atoms with E-state index in [0.717, 1.165) is 21.6 Å². The van der Waals surface area contributed by atoms with E-state index >= 15 is 0 Å². The average molecular weight is 473 g/mol. The standard InChI is InChI=1S/C23H23F3N6S/c1-2-33-15-10-8-14-9-11-16(28-17(14)13-15)22-30-29-20-7-3-5-19(32(20)22)21(23(24,25)26)18-6-4-12-31(18)27/h3,5,7-11,13,18,21H,2,4,6,12,27H2,1H3/t18-,21+/m0/s1. The van der Waals surface area contributed by atoms with Crippen LogP contribution < -0.4 is 5.84 Å². The van der Waals surface area contributed by atoms with E-state index in [-0.39, 0.29) is 11.5 Å². The van der Waals surface area contributed by atoms with Crippen LogP contribution in [0.15, 0.2) is 53.4 Å². The Morgan fingerprint density at radius 1 is 1.15 bits per heavy atom. The van der Waals surface area contributed by atoms with Crippen LogP contribution in [0.3, 0.4) is 0 Å². The van der Waals surface area contributed by atoms with Crippen LogP contribution in [-0.4, -0.2) is 49.1 Å². The second kappa shape index (κ2) is 8.58. The Kier molecular flexibility index (Phi) is 5.75. The molecular formula is C23H23F3N6S. The van der Waals surface area contributed by atoms with Crippen LogP contribution in [-0.2, 0) is 0 Å². The molecule has 0 amide bonds. The summed E-state index contributed by atoms with van der Waals surface area (Å²) < 4.78 is 44.6. The van der Waals surface area contributed by atoms with Crippen LogP contribution in [0.4, 0.5) is 13.2 Å². The number of alkyl halides is 3. The van der Waals surface area contributed by atoms with Crippen molar-refractivity contribution in [2.45, 2.75) is 42.8 Å². The summed E-state index contributed by atoms with van der Waals surface area (Å²) in [4.78, 5) is 5.82. The van der Waals surface area contributed by atoms with Crippen LogP contribution >= 0.6 is 11.8 Å². The zero-order valence-corrected chi connectivity index (χ0v) is 18.8. The van der Waals surface area contributed by atoms with E-state index in [2.05, 4.69) is 17.1 Å². The van der Waals surface area contributed by atoms with Crippen LogP contribution in [0.1, 0.15) is 31.4 Å². The van der Waals surface area contributed by atoms with Crippen LogP contribution in [0, 0.1) is 0 Å². The number of aromatic nitrogens is 4. The number of benzene rings is 1. The lowest BCUT2D eigenvalue weighted by atomic mass is 9.93. The molecule has 33 heavy (non-hydrogen) atoms. The van der Waals surface area contributed by atoms with Gasteiger partial charge in [-0.2, -0.15) is 13.2 Å². The van der Waals surface area contributed by atoms with E-state index in [0.29, 0.717) is 30.7 Å². The lowest BCUT2D eigenvalue weighted by Crippen LogP contribution is -2.45. The smallest absolute Gasteiger partial charge is 0.277 e. The molecule has 0 bridgehead atoms. The molecule has 2 atom stereocenters. The van der Waals surface area contributed by atoms with Gasteiger partial charge in [-0.15, -0.1) is 22.0 Å². The van der Waals surface area contributed by atoms with Gasteiger partial charge in [0.05, 0.1) is 5.52 Å². The fourth-order valence-corrected chi connectivity index (χ4v) is 5.30. The van der Waals surface area contributed by atoms with Gasteiger partial charge in [-0.1, -0.05) is 25.1 Å². The second-order valence-corrected chi connectivity index (χ2v) is 9.46. The van der Waals surface area contributed by atoms with Crippen molar-refractivity contribution in [3.05, 3.63) is 54.2 Å². The average Bonchev–Trinajstić information content (AvgIpc) is 3.40. The van der Waals surface area contributed by atoms with Crippen molar-refractivity contribution in [2.75, 3.05) is 12.3 Å². The number of hydrazine groups is 1. The maximum Gasteiger partial charge on any atom is 0.398 e. The van der Waals surface area contributed by atoms with Gasteiger partial charge < -0.3 is 0 Å². The minimum Gasteiger partial charge on any atom is -0.277 e. The van der Waals surface area contributed by atoms with E-state index in [1.54, 1.807) is 30.0 Å². The van der Waals surface area contributed by atoms with E-state index in [1.165, 1.54) is 15.5 Å². The van der Waals surface area contributed by atoms with Crippen LogP contribution in [0.25, 0.3) is 28.1 Å². The monoisotopic (exact) mass is 472 g/mol. The van der Waals surface area contributed by atoms with Crippen molar-refractivity contribution < 1.29 is 13.2 Å². The van der Waals surface area contributed by atoms with Crippen molar-refractivity contribution in [2.24, 2.45) is 5.84 Å². The predicted octanol–water partition coefficient (Wildman–Crippen LogP) is 5.04. The Labute approximate surface area is 193 Å². The molecule has 4 aromatic rings. The van der Waals surface area contributed by atoms with Gasteiger partial charge in [-0.3, -0.25) is 10.2 Å². The first-order valence-corrected chi connectivity index (χ1v) is 11.8. The lowest BCUT2D eigenvalue weighted by Gasteiger charge is -2.31. The van der Waals surface area contributed by atoms with Crippen molar-refractivity contribution in [1.82, 2.24) is 24.6 Å². The molecule has 1 aliphatic rings. The maximum absolute atomic E-state index is 14.4. The highest BCUT2D eigenvalue weighted by molar-refractivity contribution is 7.99. The fraction of sp³-hybridized carbons (Fsp3) is 0.348. The molecule has 0 saturated carbocycles. The third kappa shape index (κ3) is 4.07. The quantitative estimate of drug-likeness (QED) is 0.324. The van der Waals surface area contributed by atoms with E-state index < -0.39 is 18.1 Å². The minimum absolute atomic E-state index is 0.0690. The summed E-state index contributed by atoms with van der Waals surface area (Å²) in [5.74, 6) is 5.41. The molecule has 0 radical (unpaired) electrons. The van der Waals surface area contributed by atoms with Gasteiger partial charge in [0.1, 0.15) is 11.6 Å². The van der Waals surface area contributed by atoms with Crippen molar-refractivity contribution in [3.63, 3.8) is 0 Å². The summed E-state index contributed by atoms with van der Waals surface area (Å²) in [5, 5.41) is 10.6. The fourth-order valence-electron chi connectivity index (χ4n) is 4.61. The summed E-state index contributed by atoms with van der Waals surface area (Å²) in [7, 11) is 0. The normalized spacial score (nSPS) is 18.4. The molecule has 10 heteroatoms. The molecule has 1 aromatic carbocycles. The van der Waals surface area contributed by atoms with Crippen LogP contribution in [0.5, 0.6) is 0 Å². The number of hydrogen-bond acceptors (Lipinski definition) is 6. The Bertz CT molecular complexity index is 1300. The predicted molar refractivity (Wildman–Crippen MR) is 123 cm³/mol. The van der Waals surface area contributed by atoms with Gasteiger partial charge in [0.25, 0.3) is 0 Å². The Balaban J connectivity index is 1.68. The SMILES string of the molecule is CCSc1ccc2ccc(-c3nnc4cccc([C@@H]([C@@H]5CCCN5N)C(F)(F)F)n34)nc2c1. The van der Waals surface area contributed by atoms with Crippen LogP contribution in [0.2, 0.25) is 0 Å². The molecule has 5 rings (SSSR count). The van der Waals surface area contributed by atoms with Crippen molar-refractivity contribution in [1.29, 1.82) is 0 Å². The summed E-state index contributed by atoms with van der Waals surface area (Å²) in [6, 6.07) is 13.6. The van der Waals surface area contributed by atoms with E-state index in [1.807, 2.05) is 24.3 Å². The Hall–Kier alpha value is -2.69. The first-order chi connectivity index (χ1) is 15.9. The lowest BCUT2D eigenvalue weighted by molar-refractivity contribution is -0.164. The highest BCUT2D eigenvalue weighted by atomic mass is 32.2. The topological polar surface area (TPSA) is 72.3 Å². The molecule has 4 heterocycles. The molecule has 3 aromatic heterocycles. The zero-order valence-electron chi connectivity index (χ0n) is 18.0. The highest BCUT2D eigenvalue weighted by Crippen LogP contribution is 2.42. The van der Waals surface area contributed by atoms with Gasteiger partial charge in [0.2, 0.25) is 0 Å². The number of halogens is 3. The minimum atomic E-state index is -4.48. The first kappa shape index (κ1) is 22.1. The molecule has 6 nitrogen and oxygen atoms in total. The zero-order chi connectivity index (χ0) is 23.2. The first-order valence-electron chi connectivity index (χ1n) is 10.8. The molecule has 0 unspecified atom stereocenters. The number of hydrogen-bond donors (Lipinski definition) is 1. The Morgan fingerprint density at radius 2 is 1.97 bits per heavy atom. The largest absolute Gasteiger partial charge is 0.398 e. The molecule has 0 aliphatic carbocycles. The van der Waals surface area contributed by atoms with Gasteiger partial charge in [0.15, 0.2) is 11.5 Å². The number of rotatable bonds is 5. The second-order valence-electron chi connectivity index (χ2n) is 8.12.